The third-order valence-corrected chi connectivity index (χ3v) is 2.90. The number of hydrogen-bond donors (Lipinski definition) is 1. The minimum atomic E-state index is -3.70. The van der Waals surface area contributed by atoms with Crippen LogP contribution in [0, 0.1) is 5.92 Å². The van der Waals surface area contributed by atoms with Crippen LogP contribution in [0.1, 0.15) is 34.6 Å². The highest BCUT2D eigenvalue weighted by Crippen LogP contribution is 2.12. The van der Waals surface area contributed by atoms with E-state index >= 15 is 0 Å². The van der Waals surface area contributed by atoms with E-state index in [0.717, 1.165) is 0 Å². The Morgan fingerprint density at radius 1 is 1.33 bits per heavy atom. The van der Waals surface area contributed by atoms with Crippen LogP contribution in [0.5, 0.6) is 0 Å². The molecule has 1 atom stereocenters. The normalized spacial score (nSPS) is 14.4. The molecule has 1 N–H and O–H groups in total. The van der Waals surface area contributed by atoms with E-state index in [2.05, 4.69) is 5.48 Å². The average Bonchev–Trinajstić information content (AvgIpc) is 2.06. The maximum Gasteiger partial charge on any atom is 0.431 e. The van der Waals surface area contributed by atoms with Crippen molar-refractivity contribution in [1.82, 2.24) is 5.48 Å². The number of carbonyl (C=O) groups excluding carboxylic acids is 1. The van der Waals surface area contributed by atoms with Crippen LogP contribution in [0.4, 0.5) is 4.79 Å². The first kappa shape index (κ1) is 17.5. The minimum Gasteiger partial charge on any atom is -0.442 e. The van der Waals surface area contributed by atoms with E-state index in [1.54, 1.807) is 34.6 Å². The Labute approximate surface area is 112 Å². The Morgan fingerprint density at radius 3 is 2.17 bits per heavy atom. The fraction of sp³-hybridized carbons (Fsp3) is 0.900. The third kappa shape index (κ3) is 9.49. The fourth-order valence-corrected chi connectivity index (χ4v) is 2.20. The van der Waals surface area contributed by atoms with Crippen LogP contribution in [0.2, 0.25) is 0 Å². The van der Waals surface area contributed by atoms with Crippen molar-refractivity contribution in [3.8, 4) is 0 Å². The molecule has 0 spiro atoms. The third-order valence-electron chi connectivity index (χ3n) is 1.80. The first-order chi connectivity index (χ1) is 7.91. The zero-order valence-corrected chi connectivity index (χ0v) is 12.8. The molecule has 0 radical (unpaired) electrons. The lowest BCUT2D eigenvalue weighted by atomic mass is 10.1. The summed E-state index contributed by atoms with van der Waals surface area (Å²) in [6.07, 6.45) is -1.51. The highest BCUT2D eigenvalue weighted by Gasteiger charge is 2.24. The molecule has 0 aromatic carbocycles. The van der Waals surface area contributed by atoms with E-state index in [-0.39, 0.29) is 11.7 Å². The Hall–Kier alpha value is -0.530. The number of carbonyl (C=O) groups is 1. The van der Waals surface area contributed by atoms with Crippen molar-refractivity contribution >= 4 is 25.8 Å². The van der Waals surface area contributed by atoms with Gasteiger partial charge in [0.05, 0.1) is 5.75 Å². The Kier molecular flexibility index (Phi) is 6.39. The van der Waals surface area contributed by atoms with Crippen LogP contribution in [-0.4, -0.2) is 32.0 Å². The van der Waals surface area contributed by atoms with Crippen molar-refractivity contribution in [1.29, 1.82) is 0 Å². The average molecular weight is 302 g/mol. The second-order valence-electron chi connectivity index (χ2n) is 5.21. The van der Waals surface area contributed by atoms with E-state index in [1.807, 2.05) is 0 Å². The Morgan fingerprint density at radius 2 is 1.83 bits per heavy atom. The summed E-state index contributed by atoms with van der Waals surface area (Å²) < 4.78 is 26.9. The molecular weight excluding hydrogens is 282 g/mol. The topological polar surface area (TPSA) is 81.7 Å². The van der Waals surface area contributed by atoms with Gasteiger partial charge in [0.15, 0.2) is 0 Å². The maximum absolute atomic E-state index is 11.3. The van der Waals surface area contributed by atoms with Gasteiger partial charge in [-0.3, -0.25) is 4.84 Å². The van der Waals surface area contributed by atoms with Crippen molar-refractivity contribution in [3.05, 3.63) is 0 Å². The summed E-state index contributed by atoms with van der Waals surface area (Å²) in [5.74, 6) is -0.518. The van der Waals surface area contributed by atoms with Gasteiger partial charge in [0, 0.05) is 10.7 Å². The highest BCUT2D eigenvalue weighted by molar-refractivity contribution is 8.13. The molecule has 8 heteroatoms. The van der Waals surface area contributed by atoms with Gasteiger partial charge in [-0.1, -0.05) is 13.8 Å². The summed E-state index contributed by atoms with van der Waals surface area (Å²) in [4.78, 5) is 16.3. The van der Waals surface area contributed by atoms with Crippen LogP contribution in [0.15, 0.2) is 0 Å². The molecule has 1 unspecified atom stereocenters. The zero-order valence-electron chi connectivity index (χ0n) is 11.2. The molecule has 0 fully saturated rings. The Bertz CT molecular complexity index is 374. The number of halogens is 1. The standard InChI is InChI=1S/C10H20ClNO5S/c1-7(2)8(6-18(11,14)15)17-12-9(13)16-10(3,4)5/h7-8H,6H2,1-5H3,(H,12,13). The smallest absolute Gasteiger partial charge is 0.431 e. The molecule has 0 saturated carbocycles. The number of nitrogens with one attached hydrogen (secondary N) is 1. The molecule has 6 nitrogen and oxygen atoms in total. The molecular formula is C10H20ClNO5S. The van der Waals surface area contributed by atoms with E-state index in [9.17, 15) is 13.2 Å². The molecule has 0 heterocycles. The van der Waals surface area contributed by atoms with Gasteiger partial charge >= 0.3 is 6.09 Å². The summed E-state index contributed by atoms with van der Waals surface area (Å²) in [6, 6.07) is 0. The largest absolute Gasteiger partial charge is 0.442 e. The van der Waals surface area contributed by atoms with Crippen LogP contribution in [0.25, 0.3) is 0 Å². The maximum atomic E-state index is 11.3. The van der Waals surface area contributed by atoms with Crippen molar-refractivity contribution in [2.24, 2.45) is 5.92 Å². The van der Waals surface area contributed by atoms with Gasteiger partial charge in [0.1, 0.15) is 11.7 Å². The first-order valence-electron chi connectivity index (χ1n) is 5.47. The molecule has 108 valence electrons. The van der Waals surface area contributed by atoms with Crippen LogP contribution in [-0.2, 0) is 18.6 Å². The predicted molar refractivity (Wildman–Crippen MR) is 68.7 cm³/mol. The number of rotatable bonds is 5. The van der Waals surface area contributed by atoms with Gasteiger partial charge in [-0.15, -0.1) is 0 Å². The number of amides is 1. The van der Waals surface area contributed by atoms with Gasteiger partial charge in [0.25, 0.3) is 0 Å². The lowest BCUT2D eigenvalue weighted by molar-refractivity contribution is -0.0490. The van der Waals surface area contributed by atoms with Crippen molar-refractivity contribution < 1.29 is 22.8 Å². The molecule has 0 rings (SSSR count). The van der Waals surface area contributed by atoms with Gasteiger partial charge in [0.2, 0.25) is 9.05 Å². The van der Waals surface area contributed by atoms with E-state index < -0.39 is 26.8 Å². The van der Waals surface area contributed by atoms with Crippen molar-refractivity contribution in [2.75, 3.05) is 5.75 Å². The minimum absolute atomic E-state index is 0.131. The molecule has 0 aromatic heterocycles. The van der Waals surface area contributed by atoms with Gasteiger partial charge in [-0.05, 0) is 26.7 Å². The van der Waals surface area contributed by atoms with Crippen molar-refractivity contribution in [2.45, 2.75) is 46.3 Å². The highest BCUT2D eigenvalue weighted by atomic mass is 35.7. The number of ether oxygens (including phenoxy) is 1. The number of hydroxylamine groups is 1. The van der Waals surface area contributed by atoms with Crippen LogP contribution in [0.3, 0.4) is 0 Å². The molecule has 0 aromatic rings. The SMILES string of the molecule is CC(C)C(CS(=O)(=O)Cl)ONC(=O)OC(C)(C)C. The van der Waals surface area contributed by atoms with Crippen molar-refractivity contribution in [3.63, 3.8) is 0 Å². The van der Waals surface area contributed by atoms with Gasteiger partial charge < -0.3 is 4.74 Å². The second kappa shape index (κ2) is 6.58. The zero-order chi connectivity index (χ0) is 14.6. The van der Waals surface area contributed by atoms with Crippen LogP contribution < -0.4 is 5.48 Å². The molecule has 0 aliphatic carbocycles. The molecule has 18 heavy (non-hydrogen) atoms. The van der Waals surface area contributed by atoms with E-state index in [0.29, 0.717) is 0 Å². The van der Waals surface area contributed by atoms with Gasteiger partial charge in [-0.2, -0.15) is 5.48 Å². The molecule has 1 amide bonds. The van der Waals surface area contributed by atoms with E-state index in [1.165, 1.54) is 0 Å². The lowest BCUT2D eigenvalue weighted by Crippen LogP contribution is -2.38. The lowest BCUT2D eigenvalue weighted by Gasteiger charge is -2.23. The summed E-state index contributed by atoms with van der Waals surface area (Å²) in [5.41, 5.74) is 1.41. The first-order valence-corrected chi connectivity index (χ1v) is 7.95. The van der Waals surface area contributed by atoms with E-state index in [4.69, 9.17) is 20.3 Å². The Balaban J connectivity index is 4.33. The van der Waals surface area contributed by atoms with Gasteiger partial charge in [-0.25, -0.2) is 13.2 Å². The predicted octanol–water partition coefficient (Wildman–Crippen LogP) is 2.04. The quantitative estimate of drug-likeness (QED) is 0.620. The second-order valence-corrected chi connectivity index (χ2v) is 8.03. The molecule has 0 saturated heterocycles. The molecule has 0 bridgehead atoms. The monoisotopic (exact) mass is 301 g/mol. The molecule has 0 aliphatic heterocycles. The fourth-order valence-electron chi connectivity index (χ4n) is 0.981. The van der Waals surface area contributed by atoms with Crippen LogP contribution >= 0.6 is 10.7 Å². The summed E-state index contributed by atoms with van der Waals surface area (Å²) in [7, 11) is 1.45. The number of hydrogen-bond acceptors (Lipinski definition) is 5. The molecule has 0 aliphatic rings. The summed E-state index contributed by atoms with van der Waals surface area (Å²) in [6.45, 7) is 8.62. The summed E-state index contributed by atoms with van der Waals surface area (Å²) in [5, 5.41) is 0. The summed E-state index contributed by atoms with van der Waals surface area (Å²) >= 11 is 0.